The SMILES string of the molecule is CCC1(C=O)CCC(C)(C)CC1. The van der Waals surface area contributed by atoms with Gasteiger partial charge in [0.25, 0.3) is 0 Å². The van der Waals surface area contributed by atoms with E-state index >= 15 is 0 Å². The Balaban J connectivity index is 2.59. The molecule has 0 saturated heterocycles. The van der Waals surface area contributed by atoms with Gasteiger partial charge in [0.2, 0.25) is 0 Å². The van der Waals surface area contributed by atoms with Crippen molar-refractivity contribution in [2.24, 2.45) is 10.8 Å². The van der Waals surface area contributed by atoms with Gasteiger partial charge in [-0.1, -0.05) is 20.8 Å². The first-order valence-electron chi connectivity index (χ1n) is 5.00. The van der Waals surface area contributed by atoms with Gasteiger partial charge in [0.1, 0.15) is 6.29 Å². The van der Waals surface area contributed by atoms with Crippen LogP contribution in [0, 0.1) is 10.8 Å². The van der Waals surface area contributed by atoms with Gasteiger partial charge < -0.3 is 4.79 Å². The molecule has 1 fully saturated rings. The summed E-state index contributed by atoms with van der Waals surface area (Å²) in [6.07, 6.45) is 6.83. The third kappa shape index (κ3) is 1.88. The minimum absolute atomic E-state index is 0.0372. The fourth-order valence-electron chi connectivity index (χ4n) is 1.98. The van der Waals surface area contributed by atoms with Crippen LogP contribution in [0.3, 0.4) is 0 Å². The predicted octanol–water partition coefficient (Wildman–Crippen LogP) is 3.18. The monoisotopic (exact) mass is 168 g/mol. The van der Waals surface area contributed by atoms with Gasteiger partial charge in [-0.25, -0.2) is 0 Å². The molecule has 1 saturated carbocycles. The Bertz CT molecular complexity index is 160. The molecule has 1 nitrogen and oxygen atoms in total. The molecule has 0 aromatic heterocycles. The summed E-state index contributed by atoms with van der Waals surface area (Å²) < 4.78 is 0. The lowest BCUT2D eigenvalue weighted by molar-refractivity contribution is -0.119. The van der Waals surface area contributed by atoms with Gasteiger partial charge in [0.05, 0.1) is 0 Å². The van der Waals surface area contributed by atoms with E-state index in [2.05, 4.69) is 20.8 Å². The Morgan fingerprint density at radius 3 is 2.00 bits per heavy atom. The van der Waals surface area contributed by atoms with Crippen molar-refractivity contribution in [1.29, 1.82) is 0 Å². The number of carbonyl (C=O) groups is 1. The van der Waals surface area contributed by atoms with Crippen LogP contribution < -0.4 is 0 Å². The van der Waals surface area contributed by atoms with Crippen molar-refractivity contribution in [2.75, 3.05) is 0 Å². The lowest BCUT2D eigenvalue weighted by Gasteiger charge is -2.39. The molecule has 0 aliphatic heterocycles. The molecule has 0 spiro atoms. The average Bonchev–Trinajstić information content (AvgIpc) is 2.06. The highest BCUT2D eigenvalue weighted by Crippen LogP contribution is 2.45. The number of rotatable bonds is 2. The van der Waals surface area contributed by atoms with Crippen LogP contribution in [-0.4, -0.2) is 6.29 Å². The summed E-state index contributed by atoms with van der Waals surface area (Å²) >= 11 is 0. The van der Waals surface area contributed by atoms with Gasteiger partial charge in [-0.2, -0.15) is 0 Å². The first-order valence-corrected chi connectivity index (χ1v) is 5.00. The second kappa shape index (κ2) is 3.20. The van der Waals surface area contributed by atoms with Crippen molar-refractivity contribution < 1.29 is 4.79 Å². The van der Waals surface area contributed by atoms with E-state index in [1.54, 1.807) is 0 Å². The molecule has 1 heteroatoms. The molecule has 0 atom stereocenters. The minimum atomic E-state index is 0.0372. The first kappa shape index (κ1) is 9.76. The van der Waals surface area contributed by atoms with Gasteiger partial charge in [-0.15, -0.1) is 0 Å². The molecule has 0 aromatic rings. The number of aldehydes is 1. The standard InChI is InChI=1S/C11H20O/c1-4-11(9-12)7-5-10(2,3)6-8-11/h9H,4-8H2,1-3H3. The Labute approximate surface area is 75.5 Å². The van der Waals surface area contributed by atoms with E-state index < -0.39 is 0 Å². The summed E-state index contributed by atoms with van der Waals surface area (Å²) in [7, 11) is 0. The van der Waals surface area contributed by atoms with Crippen molar-refractivity contribution in [3.05, 3.63) is 0 Å². The molecule has 0 amide bonds. The molecule has 12 heavy (non-hydrogen) atoms. The highest BCUT2D eigenvalue weighted by molar-refractivity contribution is 5.59. The smallest absolute Gasteiger partial charge is 0.126 e. The third-order valence-corrected chi connectivity index (χ3v) is 3.55. The zero-order valence-electron chi connectivity index (χ0n) is 8.52. The summed E-state index contributed by atoms with van der Waals surface area (Å²) in [6.45, 7) is 6.74. The van der Waals surface area contributed by atoms with Crippen molar-refractivity contribution >= 4 is 6.29 Å². The summed E-state index contributed by atoms with van der Waals surface area (Å²) in [6, 6.07) is 0. The molecule has 0 N–H and O–H groups in total. The van der Waals surface area contributed by atoms with E-state index in [4.69, 9.17) is 0 Å². The summed E-state index contributed by atoms with van der Waals surface area (Å²) in [4.78, 5) is 10.9. The molecule has 70 valence electrons. The van der Waals surface area contributed by atoms with Crippen molar-refractivity contribution in [2.45, 2.75) is 52.9 Å². The lowest BCUT2D eigenvalue weighted by Crippen LogP contribution is -2.31. The fraction of sp³-hybridized carbons (Fsp3) is 0.909. The second-order valence-corrected chi connectivity index (χ2v) is 5.00. The fourth-order valence-corrected chi connectivity index (χ4v) is 1.98. The molecule has 0 heterocycles. The van der Waals surface area contributed by atoms with E-state index in [1.807, 2.05) is 0 Å². The summed E-state index contributed by atoms with van der Waals surface area (Å²) in [5.74, 6) is 0. The lowest BCUT2D eigenvalue weighted by atomic mass is 9.65. The highest BCUT2D eigenvalue weighted by atomic mass is 16.1. The number of hydrogen-bond acceptors (Lipinski definition) is 1. The number of carbonyl (C=O) groups excluding carboxylic acids is 1. The molecule has 1 aliphatic carbocycles. The van der Waals surface area contributed by atoms with Crippen LogP contribution in [0.1, 0.15) is 52.9 Å². The molecule has 0 bridgehead atoms. The topological polar surface area (TPSA) is 17.1 Å². The van der Waals surface area contributed by atoms with Gasteiger partial charge in [0.15, 0.2) is 0 Å². The number of hydrogen-bond donors (Lipinski definition) is 0. The van der Waals surface area contributed by atoms with Crippen LogP contribution >= 0.6 is 0 Å². The molecule has 1 rings (SSSR count). The maximum absolute atomic E-state index is 10.9. The van der Waals surface area contributed by atoms with Crippen LogP contribution in [0.2, 0.25) is 0 Å². The average molecular weight is 168 g/mol. The Morgan fingerprint density at radius 2 is 1.67 bits per heavy atom. The van der Waals surface area contributed by atoms with Crippen LogP contribution in [0.15, 0.2) is 0 Å². The maximum Gasteiger partial charge on any atom is 0.126 e. The summed E-state index contributed by atoms with van der Waals surface area (Å²) in [5.41, 5.74) is 0.511. The van der Waals surface area contributed by atoms with E-state index in [0.717, 1.165) is 19.3 Å². The van der Waals surface area contributed by atoms with Crippen LogP contribution in [0.5, 0.6) is 0 Å². The second-order valence-electron chi connectivity index (χ2n) is 5.00. The molecule has 0 aromatic carbocycles. The van der Waals surface area contributed by atoms with Crippen LogP contribution in [0.25, 0.3) is 0 Å². The van der Waals surface area contributed by atoms with Gasteiger partial charge in [0, 0.05) is 5.41 Å². The van der Waals surface area contributed by atoms with E-state index in [0.29, 0.717) is 5.41 Å². The Hall–Kier alpha value is -0.330. The predicted molar refractivity (Wildman–Crippen MR) is 51.0 cm³/mol. The van der Waals surface area contributed by atoms with E-state index in [-0.39, 0.29) is 5.41 Å². The van der Waals surface area contributed by atoms with E-state index in [9.17, 15) is 4.79 Å². The zero-order chi connectivity index (χ0) is 9.24. The third-order valence-electron chi connectivity index (χ3n) is 3.55. The quantitative estimate of drug-likeness (QED) is 0.579. The van der Waals surface area contributed by atoms with Gasteiger partial charge >= 0.3 is 0 Å². The molecular weight excluding hydrogens is 148 g/mol. The normalized spacial score (nSPS) is 26.6. The Kier molecular flexibility index (Phi) is 2.60. The van der Waals surface area contributed by atoms with Gasteiger partial charge in [-0.3, -0.25) is 0 Å². The molecule has 0 radical (unpaired) electrons. The van der Waals surface area contributed by atoms with E-state index in [1.165, 1.54) is 19.1 Å². The maximum atomic E-state index is 10.9. The largest absolute Gasteiger partial charge is 0.303 e. The molecule has 0 unspecified atom stereocenters. The highest BCUT2D eigenvalue weighted by Gasteiger charge is 2.36. The minimum Gasteiger partial charge on any atom is -0.303 e. The van der Waals surface area contributed by atoms with Crippen molar-refractivity contribution in [3.8, 4) is 0 Å². The summed E-state index contributed by atoms with van der Waals surface area (Å²) in [5, 5.41) is 0. The Morgan fingerprint density at radius 1 is 1.17 bits per heavy atom. The van der Waals surface area contributed by atoms with Gasteiger partial charge in [-0.05, 0) is 37.5 Å². The van der Waals surface area contributed by atoms with Crippen LogP contribution in [-0.2, 0) is 4.79 Å². The first-order chi connectivity index (χ1) is 5.54. The van der Waals surface area contributed by atoms with Crippen LogP contribution in [0.4, 0.5) is 0 Å². The molecule has 1 aliphatic rings. The zero-order valence-corrected chi connectivity index (χ0v) is 8.52. The molecular formula is C11H20O. The van der Waals surface area contributed by atoms with Crippen molar-refractivity contribution in [3.63, 3.8) is 0 Å². The van der Waals surface area contributed by atoms with Crippen molar-refractivity contribution in [1.82, 2.24) is 0 Å².